The largest absolute Gasteiger partial charge is 0.424 e. The number of aromatic nitrogens is 1. The summed E-state index contributed by atoms with van der Waals surface area (Å²) >= 11 is 3.48. The second kappa shape index (κ2) is 5.00. The van der Waals surface area contributed by atoms with E-state index >= 15 is 0 Å². The number of hydrogen-bond acceptors (Lipinski definition) is 2. The van der Waals surface area contributed by atoms with E-state index in [1.807, 2.05) is 33.8 Å². The molecule has 1 N–H and O–H groups in total. The van der Waals surface area contributed by atoms with Crippen LogP contribution in [-0.2, 0) is 10.1 Å². The third-order valence-electron chi connectivity index (χ3n) is 2.94. The Morgan fingerprint density at radius 1 is 1.37 bits per heavy atom. The Kier molecular flexibility index (Phi) is 3.72. The maximum Gasteiger partial charge on any atom is 0.316 e. The molecule has 102 valence electrons. The van der Waals surface area contributed by atoms with E-state index in [9.17, 15) is 4.79 Å². The van der Waals surface area contributed by atoms with Gasteiger partial charge in [-0.05, 0) is 44.9 Å². The van der Waals surface area contributed by atoms with Crippen LogP contribution < -0.4 is 4.74 Å². The summed E-state index contributed by atoms with van der Waals surface area (Å²) in [7, 11) is 0. The van der Waals surface area contributed by atoms with Gasteiger partial charge in [0.05, 0.1) is 10.9 Å². The van der Waals surface area contributed by atoms with Crippen LogP contribution >= 0.6 is 15.9 Å². The molecule has 4 heteroatoms. The average Bonchev–Trinajstić information content (AvgIpc) is 2.70. The number of aryl methyl sites for hydroxylation is 1. The number of carbonyl (C=O) groups excluding carboxylic acids is 1. The summed E-state index contributed by atoms with van der Waals surface area (Å²) in [6.07, 6.45) is 1.75. The first-order valence-electron chi connectivity index (χ1n) is 6.22. The van der Waals surface area contributed by atoms with Crippen molar-refractivity contribution in [3.8, 4) is 5.75 Å². The monoisotopic (exact) mass is 323 g/mol. The first kappa shape index (κ1) is 14.1. The molecule has 0 atom stereocenters. The zero-order valence-electron chi connectivity index (χ0n) is 11.6. The minimum absolute atomic E-state index is 0.227. The van der Waals surface area contributed by atoms with Gasteiger partial charge >= 0.3 is 5.97 Å². The molecule has 0 aliphatic carbocycles. The number of hydrogen-bond donors (Lipinski definition) is 1. The summed E-state index contributed by atoms with van der Waals surface area (Å²) in [4.78, 5) is 15.2. The van der Waals surface area contributed by atoms with Gasteiger partial charge in [-0.25, -0.2) is 0 Å². The van der Waals surface area contributed by atoms with Crippen molar-refractivity contribution in [1.82, 2.24) is 4.98 Å². The van der Waals surface area contributed by atoms with Crippen molar-refractivity contribution in [2.24, 2.45) is 5.41 Å². The number of halogens is 1. The topological polar surface area (TPSA) is 42.1 Å². The van der Waals surface area contributed by atoms with Gasteiger partial charge in [-0.1, -0.05) is 22.0 Å². The maximum atomic E-state index is 12.0. The smallest absolute Gasteiger partial charge is 0.316 e. The van der Waals surface area contributed by atoms with Crippen LogP contribution in [-0.4, -0.2) is 11.0 Å². The maximum absolute atomic E-state index is 12.0. The van der Waals surface area contributed by atoms with E-state index in [1.54, 1.807) is 6.20 Å². The van der Waals surface area contributed by atoms with E-state index in [0.29, 0.717) is 5.75 Å². The van der Waals surface area contributed by atoms with Gasteiger partial charge in [-0.15, -0.1) is 0 Å². The van der Waals surface area contributed by atoms with Crippen molar-refractivity contribution in [2.75, 3.05) is 0 Å². The van der Waals surface area contributed by atoms with E-state index in [2.05, 4.69) is 27.0 Å². The normalized spacial score (nSPS) is 11.8. The lowest BCUT2D eigenvalue weighted by molar-refractivity contribution is -0.142. The minimum Gasteiger partial charge on any atom is -0.424 e. The van der Waals surface area contributed by atoms with Crippen LogP contribution in [0.15, 0.2) is 18.3 Å². The second-order valence-corrected chi connectivity index (χ2v) is 6.33. The third kappa shape index (κ3) is 2.84. The molecule has 2 aromatic rings. The highest BCUT2D eigenvalue weighted by molar-refractivity contribution is 9.08. The van der Waals surface area contributed by atoms with Crippen LogP contribution in [0.4, 0.5) is 0 Å². The molecular formula is C15H18BrNO2. The molecule has 0 aliphatic heterocycles. The van der Waals surface area contributed by atoms with Gasteiger partial charge in [0.15, 0.2) is 5.75 Å². The predicted octanol–water partition coefficient (Wildman–Crippen LogP) is 4.32. The Labute approximate surface area is 121 Å². The highest BCUT2D eigenvalue weighted by atomic mass is 79.9. The molecule has 0 aliphatic rings. The Balaban J connectivity index is 2.46. The first-order valence-corrected chi connectivity index (χ1v) is 7.34. The predicted molar refractivity (Wildman–Crippen MR) is 80.8 cm³/mol. The van der Waals surface area contributed by atoms with Crippen molar-refractivity contribution in [3.05, 3.63) is 29.5 Å². The lowest BCUT2D eigenvalue weighted by Gasteiger charge is -2.15. The summed E-state index contributed by atoms with van der Waals surface area (Å²) in [6.45, 7) is 7.58. The summed E-state index contributed by atoms with van der Waals surface area (Å²) in [5, 5.41) is 1.71. The van der Waals surface area contributed by atoms with Gasteiger partial charge in [0.1, 0.15) is 0 Å². The molecule has 0 spiro atoms. The van der Waals surface area contributed by atoms with Gasteiger partial charge in [0.25, 0.3) is 0 Å². The van der Waals surface area contributed by atoms with E-state index in [0.717, 1.165) is 27.4 Å². The van der Waals surface area contributed by atoms with Crippen LogP contribution in [0.2, 0.25) is 0 Å². The van der Waals surface area contributed by atoms with Crippen molar-refractivity contribution < 1.29 is 9.53 Å². The SMILES string of the molecule is Cc1cc(CBr)c2[nH]cc(OC(=O)C(C)(C)C)c2c1. The van der Waals surface area contributed by atoms with Crippen molar-refractivity contribution in [3.63, 3.8) is 0 Å². The minimum atomic E-state index is -0.508. The van der Waals surface area contributed by atoms with Gasteiger partial charge < -0.3 is 9.72 Å². The van der Waals surface area contributed by atoms with Gasteiger partial charge in [0, 0.05) is 16.9 Å². The number of rotatable bonds is 2. The number of alkyl halides is 1. The fraction of sp³-hybridized carbons (Fsp3) is 0.400. The Morgan fingerprint density at radius 2 is 2.05 bits per heavy atom. The highest BCUT2D eigenvalue weighted by Crippen LogP contribution is 2.31. The molecule has 1 aromatic heterocycles. The van der Waals surface area contributed by atoms with Crippen LogP contribution in [0.25, 0.3) is 10.9 Å². The quantitative estimate of drug-likeness (QED) is 0.660. The molecule has 1 aromatic carbocycles. The molecule has 0 radical (unpaired) electrons. The van der Waals surface area contributed by atoms with E-state index in [-0.39, 0.29) is 5.97 Å². The van der Waals surface area contributed by atoms with Gasteiger partial charge in [-0.2, -0.15) is 0 Å². The fourth-order valence-corrected chi connectivity index (χ4v) is 2.33. The zero-order chi connectivity index (χ0) is 14.2. The second-order valence-electron chi connectivity index (χ2n) is 5.77. The van der Waals surface area contributed by atoms with Crippen LogP contribution in [0.3, 0.4) is 0 Å². The van der Waals surface area contributed by atoms with Crippen molar-refractivity contribution in [1.29, 1.82) is 0 Å². The standard InChI is InChI=1S/C15H18BrNO2/c1-9-5-10(7-16)13-11(6-9)12(8-17-13)19-14(18)15(2,3)4/h5-6,8,17H,7H2,1-4H3. The summed E-state index contributed by atoms with van der Waals surface area (Å²) in [6, 6.07) is 4.15. The number of esters is 1. The molecule has 1 heterocycles. The lowest BCUT2D eigenvalue weighted by Crippen LogP contribution is -2.25. The number of ether oxygens (including phenoxy) is 1. The van der Waals surface area contributed by atoms with Crippen molar-refractivity contribution in [2.45, 2.75) is 33.0 Å². The Morgan fingerprint density at radius 3 is 2.63 bits per heavy atom. The molecule has 0 fully saturated rings. The molecule has 19 heavy (non-hydrogen) atoms. The molecule has 2 rings (SSSR count). The van der Waals surface area contributed by atoms with E-state index in [4.69, 9.17) is 4.74 Å². The number of benzene rings is 1. The van der Waals surface area contributed by atoms with Crippen LogP contribution in [0.1, 0.15) is 31.9 Å². The van der Waals surface area contributed by atoms with Crippen LogP contribution in [0.5, 0.6) is 5.75 Å². The van der Waals surface area contributed by atoms with Crippen molar-refractivity contribution >= 4 is 32.8 Å². The summed E-state index contributed by atoms with van der Waals surface area (Å²) < 4.78 is 5.50. The number of H-pyrrole nitrogens is 1. The molecule has 0 bridgehead atoms. The number of carbonyl (C=O) groups is 1. The summed E-state index contributed by atoms with van der Waals surface area (Å²) in [5.74, 6) is 0.371. The molecular weight excluding hydrogens is 306 g/mol. The third-order valence-corrected chi connectivity index (χ3v) is 3.54. The van der Waals surface area contributed by atoms with E-state index < -0.39 is 5.41 Å². The van der Waals surface area contributed by atoms with Gasteiger partial charge in [-0.3, -0.25) is 4.79 Å². The number of fused-ring (bicyclic) bond motifs is 1. The molecule has 3 nitrogen and oxygen atoms in total. The molecule has 0 unspecified atom stereocenters. The first-order chi connectivity index (χ1) is 8.82. The molecule has 0 amide bonds. The zero-order valence-corrected chi connectivity index (χ0v) is 13.2. The highest BCUT2D eigenvalue weighted by Gasteiger charge is 2.24. The number of aromatic amines is 1. The van der Waals surface area contributed by atoms with E-state index in [1.165, 1.54) is 0 Å². The molecule has 0 saturated heterocycles. The fourth-order valence-electron chi connectivity index (χ4n) is 1.88. The summed E-state index contributed by atoms with van der Waals surface area (Å²) in [5.41, 5.74) is 2.81. The molecule has 0 saturated carbocycles. The lowest BCUT2D eigenvalue weighted by atomic mass is 9.97. The van der Waals surface area contributed by atoms with Crippen LogP contribution in [0, 0.1) is 12.3 Å². The Bertz CT molecular complexity index is 623. The number of nitrogens with one attached hydrogen (secondary N) is 1. The van der Waals surface area contributed by atoms with Gasteiger partial charge in [0.2, 0.25) is 0 Å². The average molecular weight is 324 g/mol. The Hall–Kier alpha value is -1.29.